The molecule has 5 aromatic rings. The van der Waals surface area contributed by atoms with E-state index in [1.807, 2.05) is 48.5 Å². The van der Waals surface area contributed by atoms with Gasteiger partial charge in [0.2, 0.25) is 5.82 Å². The van der Waals surface area contributed by atoms with Crippen LogP contribution in [0.5, 0.6) is 11.5 Å². The molecule has 0 atom stereocenters. The van der Waals surface area contributed by atoms with Gasteiger partial charge in [-0.25, -0.2) is 4.98 Å². The van der Waals surface area contributed by atoms with Crippen LogP contribution in [0.15, 0.2) is 72.1 Å². The second kappa shape index (κ2) is 12.2. The number of thiazole rings is 1. The maximum absolute atomic E-state index is 13.1. The maximum Gasteiger partial charge on any atom is 0.255 e. The Kier molecular flexibility index (Phi) is 7.92. The average Bonchev–Trinajstić information content (AvgIpc) is 3.65. The van der Waals surface area contributed by atoms with Crippen LogP contribution in [0.3, 0.4) is 0 Å². The van der Waals surface area contributed by atoms with E-state index in [0.717, 1.165) is 27.6 Å². The average molecular weight is 577 g/mol. The lowest BCUT2D eigenvalue weighted by atomic mass is 9.83. The first-order valence-electron chi connectivity index (χ1n) is 13.6. The minimum Gasteiger partial charge on any atom is -0.497 e. The number of nitrogens with one attached hydrogen (secondary N) is 1. The van der Waals surface area contributed by atoms with Crippen molar-refractivity contribution in [3.8, 4) is 34.7 Å². The van der Waals surface area contributed by atoms with Crippen LogP contribution in [-0.2, 0) is 6.54 Å². The van der Waals surface area contributed by atoms with Crippen LogP contribution in [0.4, 0.5) is 5.69 Å². The number of methoxy groups -OCH3 is 2. The summed E-state index contributed by atoms with van der Waals surface area (Å²) in [7, 11) is 3.17. The van der Waals surface area contributed by atoms with Crippen molar-refractivity contribution < 1.29 is 14.3 Å². The Balaban J connectivity index is 1.13. The molecule has 210 valence electrons. The van der Waals surface area contributed by atoms with Crippen LogP contribution in [0.1, 0.15) is 57.4 Å². The zero-order chi connectivity index (χ0) is 28.9. The van der Waals surface area contributed by atoms with Crippen LogP contribution in [0.2, 0.25) is 0 Å². The van der Waals surface area contributed by atoms with E-state index < -0.39 is 0 Å². The van der Waals surface area contributed by atoms with Gasteiger partial charge >= 0.3 is 0 Å². The highest BCUT2D eigenvalue weighted by atomic mass is 32.1. The third kappa shape index (κ3) is 6.16. The summed E-state index contributed by atoms with van der Waals surface area (Å²) in [6.45, 7) is 0.453. The number of nitrogens with zero attached hydrogens (tertiary/aromatic N) is 5. The molecule has 3 aromatic carbocycles. The van der Waals surface area contributed by atoms with E-state index in [2.05, 4.69) is 42.9 Å². The lowest BCUT2D eigenvalue weighted by Gasteiger charge is -2.22. The van der Waals surface area contributed by atoms with E-state index in [0.29, 0.717) is 40.9 Å². The number of amides is 1. The minimum atomic E-state index is -0.272. The van der Waals surface area contributed by atoms with Crippen LogP contribution in [0.25, 0.3) is 11.4 Å². The predicted molar refractivity (Wildman–Crippen MR) is 161 cm³/mol. The standard InChI is InChI=1S/C32H28N6O3S/c1-40-26-13-9-22(10-14-26)19-38-36-31(35-37-38)27-15-12-24(18-29(27)41-2)32(39)33-25-8-3-5-21(17-25)11-16-30-34-28(20-42-30)23-6-4-7-23/h3,5,8-10,12-15,17-18,20,23H,4,6-7,19H2,1-2H3,(H,33,39). The molecule has 1 aliphatic carbocycles. The first-order valence-corrected chi connectivity index (χ1v) is 14.4. The topological polar surface area (TPSA) is 104 Å². The summed E-state index contributed by atoms with van der Waals surface area (Å²) in [4.78, 5) is 19.3. The van der Waals surface area contributed by atoms with Crippen molar-refractivity contribution in [3.05, 3.63) is 99.5 Å². The molecule has 6 rings (SSSR count). The smallest absolute Gasteiger partial charge is 0.255 e. The van der Waals surface area contributed by atoms with Crippen molar-refractivity contribution in [1.82, 2.24) is 25.2 Å². The molecule has 0 radical (unpaired) electrons. The van der Waals surface area contributed by atoms with Gasteiger partial charge in [0.25, 0.3) is 5.91 Å². The van der Waals surface area contributed by atoms with Gasteiger partial charge in [-0.2, -0.15) is 4.80 Å². The van der Waals surface area contributed by atoms with Gasteiger partial charge in [-0.15, -0.1) is 21.5 Å². The zero-order valence-electron chi connectivity index (χ0n) is 23.2. The summed E-state index contributed by atoms with van der Waals surface area (Å²) in [5.41, 5.74) is 4.68. The largest absolute Gasteiger partial charge is 0.497 e. The van der Waals surface area contributed by atoms with Crippen LogP contribution in [0, 0.1) is 11.8 Å². The number of ether oxygens (including phenoxy) is 2. The number of hydrogen-bond donors (Lipinski definition) is 1. The van der Waals surface area contributed by atoms with Crippen molar-refractivity contribution in [1.29, 1.82) is 0 Å². The van der Waals surface area contributed by atoms with Gasteiger partial charge in [-0.1, -0.05) is 30.5 Å². The first-order chi connectivity index (χ1) is 20.6. The quantitative estimate of drug-likeness (QED) is 0.234. The summed E-state index contributed by atoms with van der Waals surface area (Å²) in [6.07, 6.45) is 3.72. The van der Waals surface area contributed by atoms with Crippen molar-refractivity contribution in [2.24, 2.45) is 0 Å². The second-order valence-electron chi connectivity index (χ2n) is 9.90. The number of aromatic nitrogens is 5. The molecule has 0 bridgehead atoms. The summed E-state index contributed by atoms with van der Waals surface area (Å²) in [5, 5.41) is 18.7. The van der Waals surface area contributed by atoms with E-state index in [1.54, 1.807) is 43.8 Å². The molecule has 1 N–H and O–H groups in total. The Labute approximate surface area is 247 Å². The lowest BCUT2D eigenvalue weighted by molar-refractivity contribution is 0.102. The molecule has 2 heterocycles. The molecule has 10 heteroatoms. The van der Waals surface area contributed by atoms with E-state index in [9.17, 15) is 4.79 Å². The van der Waals surface area contributed by atoms with E-state index in [1.165, 1.54) is 24.1 Å². The fourth-order valence-corrected chi connectivity index (χ4v) is 5.31. The Bertz CT molecular complexity index is 1780. The summed E-state index contributed by atoms with van der Waals surface area (Å²) < 4.78 is 10.8. The maximum atomic E-state index is 13.1. The highest BCUT2D eigenvalue weighted by Crippen LogP contribution is 2.36. The monoisotopic (exact) mass is 576 g/mol. The number of tetrazole rings is 1. The van der Waals surface area contributed by atoms with Gasteiger partial charge in [0.05, 0.1) is 32.0 Å². The van der Waals surface area contributed by atoms with Gasteiger partial charge in [0, 0.05) is 28.1 Å². The van der Waals surface area contributed by atoms with Crippen molar-refractivity contribution >= 4 is 22.9 Å². The van der Waals surface area contributed by atoms with E-state index >= 15 is 0 Å². The highest BCUT2D eigenvalue weighted by molar-refractivity contribution is 7.10. The predicted octanol–water partition coefficient (Wildman–Crippen LogP) is 5.78. The van der Waals surface area contributed by atoms with Crippen molar-refractivity contribution in [2.45, 2.75) is 31.7 Å². The SMILES string of the molecule is COc1ccc(Cn2nnc(-c3ccc(C(=O)Nc4cccc(C#Cc5nc(C6CCC6)cs5)c4)cc3OC)n2)cc1. The van der Waals surface area contributed by atoms with Gasteiger partial charge in [0.1, 0.15) is 11.5 Å². The first kappa shape index (κ1) is 27.2. The van der Waals surface area contributed by atoms with E-state index in [-0.39, 0.29) is 5.91 Å². The normalized spacial score (nSPS) is 12.6. The molecule has 42 heavy (non-hydrogen) atoms. The Hall–Kier alpha value is -5.01. The Morgan fingerprint density at radius 3 is 2.67 bits per heavy atom. The van der Waals surface area contributed by atoms with Crippen molar-refractivity contribution in [3.63, 3.8) is 0 Å². The molecular formula is C32H28N6O3S. The second-order valence-corrected chi connectivity index (χ2v) is 10.8. The summed E-state index contributed by atoms with van der Waals surface area (Å²) in [6, 6.07) is 20.3. The zero-order valence-corrected chi connectivity index (χ0v) is 24.0. The van der Waals surface area contributed by atoms with Gasteiger partial charge < -0.3 is 14.8 Å². The molecule has 0 aliphatic heterocycles. The summed E-state index contributed by atoms with van der Waals surface area (Å²) >= 11 is 1.58. The molecular weight excluding hydrogens is 548 g/mol. The third-order valence-electron chi connectivity index (χ3n) is 7.12. The van der Waals surface area contributed by atoms with Gasteiger partial charge in [-0.3, -0.25) is 4.79 Å². The molecule has 1 amide bonds. The van der Waals surface area contributed by atoms with Crippen LogP contribution < -0.4 is 14.8 Å². The Morgan fingerprint density at radius 1 is 1.05 bits per heavy atom. The molecule has 9 nitrogen and oxygen atoms in total. The van der Waals surface area contributed by atoms with Crippen LogP contribution >= 0.6 is 11.3 Å². The van der Waals surface area contributed by atoms with Gasteiger partial charge in [0.15, 0.2) is 5.01 Å². The summed E-state index contributed by atoms with van der Waals surface area (Å²) in [5.74, 6) is 8.30. The van der Waals surface area contributed by atoms with Gasteiger partial charge in [-0.05, 0) is 78.1 Å². The minimum absolute atomic E-state index is 0.272. The Morgan fingerprint density at radius 2 is 1.90 bits per heavy atom. The highest BCUT2D eigenvalue weighted by Gasteiger charge is 2.21. The van der Waals surface area contributed by atoms with Crippen LogP contribution in [-0.4, -0.2) is 45.3 Å². The fraction of sp³-hybridized carbons (Fsp3) is 0.219. The third-order valence-corrected chi connectivity index (χ3v) is 7.90. The number of anilines is 1. The number of carbonyl (C=O) groups excluding carboxylic acids is 1. The fourth-order valence-electron chi connectivity index (χ4n) is 4.57. The molecule has 1 saturated carbocycles. The molecule has 0 saturated heterocycles. The number of benzene rings is 3. The lowest BCUT2D eigenvalue weighted by Crippen LogP contribution is -2.12. The molecule has 1 fully saturated rings. The molecule has 2 aromatic heterocycles. The number of carbonyl (C=O) groups is 1. The molecule has 0 spiro atoms. The van der Waals surface area contributed by atoms with Crippen molar-refractivity contribution in [2.75, 3.05) is 19.5 Å². The molecule has 0 unspecified atom stereocenters. The van der Waals surface area contributed by atoms with E-state index in [4.69, 9.17) is 9.47 Å². The number of hydrogen-bond acceptors (Lipinski definition) is 8. The number of rotatable bonds is 8. The molecule has 1 aliphatic rings.